The number of nitrogens with two attached hydrogens (primary N) is 1. The Morgan fingerprint density at radius 1 is 1.17 bits per heavy atom. The Morgan fingerprint density at radius 3 is 2.59 bits per heavy atom. The van der Waals surface area contributed by atoms with Gasteiger partial charge in [-0.05, 0) is 49.2 Å². The third-order valence-corrected chi connectivity index (χ3v) is 5.66. The average molecular weight is 419 g/mol. The molecule has 1 saturated carbocycles. The molecular weight excluding hydrogens is 398 g/mol. The summed E-state index contributed by atoms with van der Waals surface area (Å²) in [4.78, 5) is 23.5. The fraction of sp³-hybridized carbons (Fsp3) is 0.263. The molecule has 154 valence electrons. The van der Waals surface area contributed by atoms with Crippen molar-refractivity contribution in [3.05, 3.63) is 48.0 Å². The quantitative estimate of drug-likeness (QED) is 0.559. The zero-order valence-electron chi connectivity index (χ0n) is 15.7. The van der Waals surface area contributed by atoms with E-state index in [1.807, 2.05) is 0 Å². The number of methoxy groups -OCH3 is 1. The fourth-order valence-electron chi connectivity index (χ4n) is 2.51. The van der Waals surface area contributed by atoms with Crippen LogP contribution >= 0.6 is 0 Å². The van der Waals surface area contributed by atoms with Crippen molar-refractivity contribution in [1.82, 2.24) is 4.72 Å². The molecule has 2 amide bonds. The summed E-state index contributed by atoms with van der Waals surface area (Å²) in [5, 5.41) is 2.58. The van der Waals surface area contributed by atoms with Crippen molar-refractivity contribution < 1.29 is 27.5 Å². The van der Waals surface area contributed by atoms with E-state index in [2.05, 4.69) is 10.0 Å². The molecule has 0 saturated heterocycles. The van der Waals surface area contributed by atoms with Crippen LogP contribution in [0.15, 0.2) is 47.4 Å². The lowest BCUT2D eigenvalue weighted by Crippen LogP contribution is -2.26. The van der Waals surface area contributed by atoms with Crippen molar-refractivity contribution in [3.63, 3.8) is 0 Å². The molecule has 0 radical (unpaired) electrons. The van der Waals surface area contributed by atoms with Crippen LogP contribution in [0.1, 0.15) is 23.2 Å². The van der Waals surface area contributed by atoms with Gasteiger partial charge in [-0.2, -0.15) is 0 Å². The minimum Gasteiger partial charge on any atom is -0.495 e. The monoisotopic (exact) mass is 419 g/mol. The highest BCUT2D eigenvalue weighted by atomic mass is 32.2. The minimum absolute atomic E-state index is 0.0237. The second-order valence-electron chi connectivity index (χ2n) is 6.49. The number of anilines is 1. The summed E-state index contributed by atoms with van der Waals surface area (Å²) in [6.45, 7) is -0.358. The number of rotatable bonds is 9. The van der Waals surface area contributed by atoms with Gasteiger partial charge in [0.15, 0.2) is 6.61 Å². The van der Waals surface area contributed by atoms with Crippen molar-refractivity contribution in [2.75, 3.05) is 19.0 Å². The molecule has 29 heavy (non-hydrogen) atoms. The van der Waals surface area contributed by atoms with Crippen LogP contribution in [0.4, 0.5) is 5.69 Å². The lowest BCUT2D eigenvalue weighted by molar-refractivity contribution is -0.118. The van der Waals surface area contributed by atoms with Gasteiger partial charge in [-0.3, -0.25) is 9.59 Å². The van der Waals surface area contributed by atoms with Gasteiger partial charge >= 0.3 is 0 Å². The average Bonchev–Trinajstić information content (AvgIpc) is 3.50. The van der Waals surface area contributed by atoms with E-state index >= 15 is 0 Å². The number of primary amides is 1. The van der Waals surface area contributed by atoms with E-state index < -0.39 is 21.8 Å². The van der Waals surface area contributed by atoms with Gasteiger partial charge in [0.25, 0.3) is 5.91 Å². The van der Waals surface area contributed by atoms with Gasteiger partial charge in [-0.15, -0.1) is 0 Å². The van der Waals surface area contributed by atoms with Gasteiger partial charge in [-0.25, -0.2) is 13.1 Å². The number of ether oxygens (including phenoxy) is 2. The highest BCUT2D eigenvalue weighted by Gasteiger charge is 2.28. The van der Waals surface area contributed by atoms with Crippen LogP contribution in [-0.4, -0.2) is 40.0 Å². The van der Waals surface area contributed by atoms with E-state index in [-0.39, 0.29) is 28.8 Å². The van der Waals surface area contributed by atoms with Crippen molar-refractivity contribution in [1.29, 1.82) is 0 Å². The number of amides is 2. The zero-order valence-corrected chi connectivity index (χ0v) is 16.5. The summed E-state index contributed by atoms with van der Waals surface area (Å²) in [5.74, 6) is -0.534. The molecule has 0 bridgehead atoms. The Hall–Kier alpha value is -3.11. The van der Waals surface area contributed by atoms with Gasteiger partial charge in [0.05, 0.1) is 17.7 Å². The lowest BCUT2D eigenvalue weighted by Gasteiger charge is -2.13. The molecule has 2 aromatic rings. The summed E-state index contributed by atoms with van der Waals surface area (Å²) in [6.07, 6.45) is 1.63. The largest absolute Gasteiger partial charge is 0.495 e. The first kappa shape index (κ1) is 20.6. The molecule has 9 nitrogen and oxygen atoms in total. The molecule has 0 aliphatic heterocycles. The van der Waals surface area contributed by atoms with Crippen LogP contribution < -0.4 is 25.2 Å². The van der Waals surface area contributed by atoms with E-state index in [0.29, 0.717) is 11.5 Å². The van der Waals surface area contributed by atoms with E-state index in [0.717, 1.165) is 12.8 Å². The van der Waals surface area contributed by atoms with Crippen LogP contribution in [0.2, 0.25) is 0 Å². The van der Waals surface area contributed by atoms with Gasteiger partial charge < -0.3 is 20.5 Å². The lowest BCUT2D eigenvalue weighted by atomic mass is 10.2. The molecule has 0 spiro atoms. The first-order chi connectivity index (χ1) is 13.8. The molecule has 1 aliphatic rings. The minimum atomic E-state index is -3.68. The third-order valence-electron chi connectivity index (χ3n) is 4.14. The van der Waals surface area contributed by atoms with Crippen molar-refractivity contribution in [3.8, 4) is 11.5 Å². The van der Waals surface area contributed by atoms with Crippen LogP contribution in [0.3, 0.4) is 0 Å². The van der Waals surface area contributed by atoms with Gasteiger partial charge in [0.2, 0.25) is 15.9 Å². The third kappa shape index (κ3) is 5.46. The Balaban J connectivity index is 1.69. The molecular formula is C19H21N3O6S. The maximum atomic E-state index is 12.4. The van der Waals surface area contributed by atoms with Crippen LogP contribution in [-0.2, 0) is 14.8 Å². The maximum absolute atomic E-state index is 12.4. The molecule has 1 fully saturated rings. The van der Waals surface area contributed by atoms with Crippen LogP contribution in [0.5, 0.6) is 11.5 Å². The number of carbonyl (C=O) groups excluding carboxylic acids is 2. The Morgan fingerprint density at radius 2 is 1.93 bits per heavy atom. The smallest absolute Gasteiger partial charge is 0.262 e. The standard InChI is InChI=1S/C19H21N3O6S/c1-27-17-8-7-15(29(25,26)22-13-5-6-13)10-16(17)21-18(23)11-28-14-4-2-3-12(9-14)19(20)24/h2-4,7-10,13,22H,5-6,11H2,1H3,(H2,20,24)(H,21,23). The number of hydrogen-bond acceptors (Lipinski definition) is 6. The van der Waals surface area contributed by atoms with Crippen molar-refractivity contribution in [2.24, 2.45) is 5.73 Å². The summed E-state index contributed by atoms with van der Waals surface area (Å²) in [7, 11) is -2.27. The normalized spacial score (nSPS) is 13.6. The summed E-state index contributed by atoms with van der Waals surface area (Å²) >= 11 is 0. The topological polar surface area (TPSA) is 137 Å². The highest BCUT2D eigenvalue weighted by molar-refractivity contribution is 7.89. The Bertz CT molecular complexity index is 1030. The predicted molar refractivity (Wildman–Crippen MR) is 105 cm³/mol. The SMILES string of the molecule is COc1ccc(S(=O)(=O)NC2CC2)cc1NC(=O)COc1cccc(C(N)=O)c1. The van der Waals surface area contributed by atoms with Gasteiger partial charge in [0.1, 0.15) is 11.5 Å². The molecule has 0 atom stereocenters. The molecule has 2 aromatic carbocycles. The summed E-state index contributed by atoms with van der Waals surface area (Å²) < 4.78 is 37.9. The summed E-state index contributed by atoms with van der Waals surface area (Å²) in [6, 6.07) is 10.3. The van der Waals surface area contributed by atoms with E-state index in [9.17, 15) is 18.0 Å². The molecule has 3 rings (SSSR count). The number of sulfonamides is 1. The molecule has 10 heteroatoms. The fourth-order valence-corrected chi connectivity index (χ4v) is 3.85. The molecule has 0 heterocycles. The van der Waals surface area contributed by atoms with E-state index in [4.69, 9.17) is 15.2 Å². The zero-order chi connectivity index (χ0) is 21.0. The van der Waals surface area contributed by atoms with E-state index in [1.165, 1.54) is 37.4 Å². The van der Waals surface area contributed by atoms with Crippen LogP contribution in [0, 0.1) is 0 Å². The number of carbonyl (C=O) groups is 2. The molecule has 0 unspecified atom stereocenters. The summed E-state index contributed by atoms with van der Waals surface area (Å²) in [5.41, 5.74) is 5.67. The maximum Gasteiger partial charge on any atom is 0.262 e. The van der Waals surface area contributed by atoms with Crippen LogP contribution in [0.25, 0.3) is 0 Å². The number of benzene rings is 2. The second kappa shape index (κ2) is 8.50. The highest BCUT2D eigenvalue weighted by Crippen LogP contribution is 2.29. The van der Waals surface area contributed by atoms with Gasteiger partial charge in [-0.1, -0.05) is 6.07 Å². The molecule has 0 aromatic heterocycles. The van der Waals surface area contributed by atoms with Gasteiger partial charge in [0, 0.05) is 11.6 Å². The number of nitrogens with one attached hydrogen (secondary N) is 2. The first-order valence-electron chi connectivity index (χ1n) is 8.81. The van der Waals surface area contributed by atoms with Crippen molar-refractivity contribution in [2.45, 2.75) is 23.8 Å². The van der Waals surface area contributed by atoms with Crippen molar-refractivity contribution >= 4 is 27.5 Å². The Kier molecular flexibility index (Phi) is 6.04. The first-order valence-corrected chi connectivity index (χ1v) is 10.3. The van der Waals surface area contributed by atoms with E-state index in [1.54, 1.807) is 12.1 Å². The second-order valence-corrected chi connectivity index (χ2v) is 8.20. The molecule has 1 aliphatic carbocycles. The molecule has 4 N–H and O–H groups in total. The number of hydrogen-bond donors (Lipinski definition) is 3. The predicted octanol–water partition coefficient (Wildman–Crippen LogP) is 1.25. The Labute approximate surface area is 168 Å².